The third-order valence-electron chi connectivity index (χ3n) is 4.06. The number of benzene rings is 1. The molecule has 0 radical (unpaired) electrons. The highest BCUT2D eigenvalue weighted by Crippen LogP contribution is 2.28. The maximum atomic E-state index is 12.2. The number of nitrogens with one attached hydrogen (secondary N) is 2. The van der Waals surface area contributed by atoms with E-state index in [2.05, 4.69) is 30.2 Å². The van der Waals surface area contributed by atoms with Crippen molar-refractivity contribution in [3.8, 4) is 0 Å². The molecule has 1 fully saturated rings. The van der Waals surface area contributed by atoms with E-state index in [4.69, 9.17) is 0 Å². The summed E-state index contributed by atoms with van der Waals surface area (Å²) in [6, 6.07) is 6.13. The fraction of sp³-hybridized carbons (Fsp3) is 0.500. The second-order valence-corrected chi connectivity index (χ2v) is 5.53. The van der Waals surface area contributed by atoms with Crippen LogP contribution >= 0.6 is 12.4 Å². The number of H-pyrrole nitrogens is 1. The van der Waals surface area contributed by atoms with Gasteiger partial charge in [0.25, 0.3) is 0 Å². The minimum atomic E-state index is -0.0750. The van der Waals surface area contributed by atoms with E-state index in [1.807, 2.05) is 16.7 Å². The molecule has 0 saturated carbocycles. The first-order chi connectivity index (χ1) is 8.60. The quantitative estimate of drug-likeness (QED) is 0.842. The van der Waals surface area contributed by atoms with E-state index in [0.717, 1.165) is 37.0 Å². The van der Waals surface area contributed by atoms with E-state index in [1.54, 1.807) is 0 Å². The second kappa shape index (κ2) is 5.02. The Morgan fingerprint density at radius 1 is 1.26 bits per heavy atom. The van der Waals surface area contributed by atoms with Crippen LogP contribution in [-0.2, 0) is 5.54 Å². The Labute approximate surface area is 118 Å². The third-order valence-corrected chi connectivity index (χ3v) is 4.06. The molecule has 2 aromatic rings. The number of hydrogen-bond donors (Lipinski definition) is 2. The highest BCUT2D eigenvalue weighted by molar-refractivity contribution is 5.85. The molecule has 3 rings (SSSR count). The molecule has 0 bridgehead atoms. The van der Waals surface area contributed by atoms with Crippen molar-refractivity contribution >= 4 is 23.4 Å². The average Bonchev–Trinajstić information content (AvgIpc) is 2.66. The molecule has 2 N–H and O–H groups in total. The van der Waals surface area contributed by atoms with E-state index in [-0.39, 0.29) is 23.6 Å². The van der Waals surface area contributed by atoms with E-state index in [0.29, 0.717) is 0 Å². The second-order valence-electron chi connectivity index (χ2n) is 5.53. The normalized spacial score (nSPS) is 18.2. The molecule has 0 atom stereocenters. The van der Waals surface area contributed by atoms with Crippen LogP contribution in [0.5, 0.6) is 0 Å². The highest BCUT2D eigenvalue weighted by Gasteiger charge is 2.31. The van der Waals surface area contributed by atoms with Crippen molar-refractivity contribution in [3.05, 3.63) is 34.2 Å². The number of piperidine rings is 1. The number of imidazole rings is 1. The lowest BCUT2D eigenvalue weighted by atomic mass is 9.90. The molecule has 0 spiro atoms. The van der Waals surface area contributed by atoms with Crippen molar-refractivity contribution in [2.24, 2.45) is 0 Å². The van der Waals surface area contributed by atoms with Crippen molar-refractivity contribution in [2.45, 2.75) is 32.2 Å². The molecule has 0 unspecified atom stereocenters. The standard InChI is InChI=1S/C14H19N3O.ClH/c1-10-3-4-11-12(9-10)17(13(18)16-11)14(2)5-7-15-8-6-14;/h3-4,9,15H,5-8H2,1-2H3,(H,16,18);1H. The molecular formula is C14H20ClN3O. The van der Waals surface area contributed by atoms with Crippen LogP contribution in [0.15, 0.2) is 23.0 Å². The zero-order chi connectivity index (χ0) is 12.8. The van der Waals surface area contributed by atoms with Gasteiger partial charge in [-0.1, -0.05) is 6.07 Å². The molecule has 1 saturated heterocycles. The number of rotatable bonds is 1. The predicted octanol–water partition coefficient (Wildman–Crippen LogP) is 2.16. The van der Waals surface area contributed by atoms with Crippen LogP contribution in [-0.4, -0.2) is 22.6 Å². The van der Waals surface area contributed by atoms with Gasteiger partial charge in [0.1, 0.15) is 0 Å². The smallest absolute Gasteiger partial charge is 0.317 e. The lowest BCUT2D eigenvalue weighted by molar-refractivity contribution is 0.232. The van der Waals surface area contributed by atoms with Gasteiger partial charge >= 0.3 is 5.69 Å². The summed E-state index contributed by atoms with van der Waals surface area (Å²) in [7, 11) is 0. The van der Waals surface area contributed by atoms with Crippen molar-refractivity contribution < 1.29 is 0 Å². The van der Waals surface area contributed by atoms with Crippen LogP contribution < -0.4 is 11.0 Å². The van der Waals surface area contributed by atoms with Crippen LogP contribution in [0.25, 0.3) is 11.0 Å². The molecular weight excluding hydrogens is 262 g/mol. The average molecular weight is 282 g/mol. The Hall–Kier alpha value is -1.26. The molecule has 0 aliphatic carbocycles. The minimum absolute atomic E-state index is 0. The Balaban J connectivity index is 0.00000133. The maximum absolute atomic E-state index is 12.2. The number of nitrogens with zero attached hydrogens (tertiary/aromatic N) is 1. The van der Waals surface area contributed by atoms with Crippen LogP contribution in [0.4, 0.5) is 0 Å². The van der Waals surface area contributed by atoms with Gasteiger partial charge in [0, 0.05) is 5.54 Å². The SMILES string of the molecule is Cc1ccc2[nH]c(=O)n(C3(C)CCNCC3)c2c1.Cl. The maximum Gasteiger partial charge on any atom is 0.326 e. The molecule has 19 heavy (non-hydrogen) atoms. The lowest BCUT2D eigenvalue weighted by Gasteiger charge is -2.35. The summed E-state index contributed by atoms with van der Waals surface area (Å²) >= 11 is 0. The first-order valence-electron chi connectivity index (χ1n) is 6.53. The van der Waals surface area contributed by atoms with Gasteiger partial charge in [0.2, 0.25) is 0 Å². The molecule has 1 aromatic heterocycles. The summed E-state index contributed by atoms with van der Waals surface area (Å²) in [6.45, 7) is 6.19. The van der Waals surface area contributed by atoms with Gasteiger partial charge in [0.05, 0.1) is 11.0 Å². The zero-order valence-electron chi connectivity index (χ0n) is 11.3. The van der Waals surface area contributed by atoms with E-state index in [9.17, 15) is 4.79 Å². The van der Waals surface area contributed by atoms with Gasteiger partial charge in [-0.05, 0) is 57.5 Å². The summed E-state index contributed by atoms with van der Waals surface area (Å²) in [4.78, 5) is 15.2. The number of aryl methyl sites for hydroxylation is 1. The Kier molecular flexibility index (Phi) is 3.74. The Bertz CT molecular complexity index is 638. The van der Waals surface area contributed by atoms with Gasteiger partial charge in [-0.25, -0.2) is 4.79 Å². The first kappa shape index (κ1) is 14.2. The molecule has 4 nitrogen and oxygen atoms in total. The largest absolute Gasteiger partial charge is 0.326 e. The summed E-state index contributed by atoms with van der Waals surface area (Å²) in [5.74, 6) is 0. The molecule has 5 heteroatoms. The summed E-state index contributed by atoms with van der Waals surface area (Å²) in [6.07, 6.45) is 1.99. The number of fused-ring (bicyclic) bond motifs is 1. The first-order valence-corrected chi connectivity index (χ1v) is 6.53. The van der Waals surface area contributed by atoms with E-state index < -0.39 is 0 Å². The number of aromatic nitrogens is 2. The van der Waals surface area contributed by atoms with Crippen molar-refractivity contribution in [2.75, 3.05) is 13.1 Å². The minimum Gasteiger partial charge on any atom is -0.317 e. The molecule has 0 amide bonds. The number of aromatic amines is 1. The fourth-order valence-corrected chi connectivity index (χ4v) is 2.94. The Morgan fingerprint density at radius 2 is 1.95 bits per heavy atom. The predicted molar refractivity (Wildman–Crippen MR) is 80.3 cm³/mol. The van der Waals surface area contributed by atoms with E-state index >= 15 is 0 Å². The van der Waals surface area contributed by atoms with Gasteiger partial charge in [-0.2, -0.15) is 0 Å². The number of hydrogen-bond acceptors (Lipinski definition) is 2. The molecule has 1 aliphatic heterocycles. The third kappa shape index (κ3) is 2.30. The van der Waals surface area contributed by atoms with Crippen molar-refractivity contribution in [1.29, 1.82) is 0 Å². The molecule has 104 valence electrons. The van der Waals surface area contributed by atoms with Crippen molar-refractivity contribution in [1.82, 2.24) is 14.9 Å². The van der Waals surface area contributed by atoms with E-state index in [1.165, 1.54) is 5.56 Å². The summed E-state index contributed by atoms with van der Waals surface area (Å²) in [5.41, 5.74) is 3.09. The van der Waals surface area contributed by atoms with Gasteiger partial charge in [-0.3, -0.25) is 4.57 Å². The monoisotopic (exact) mass is 281 g/mol. The zero-order valence-corrected chi connectivity index (χ0v) is 12.1. The van der Waals surface area contributed by atoms with Gasteiger partial charge < -0.3 is 10.3 Å². The highest BCUT2D eigenvalue weighted by atomic mass is 35.5. The lowest BCUT2D eigenvalue weighted by Crippen LogP contribution is -2.45. The summed E-state index contributed by atoms with van der Waals surface area (Å²) < 4.78 is 1.95. The van der Waals surface area contributed by atoms with Crippen molar-refractivity contribution in [3.63, 3.8) is 0 Å². The molecule has 2 heterocycles. The Morgan fingerprint density at radius 3 is 2.63 bits per heavy atom. The van der Waals surface area contributed by atoms with Crippen LogP contribution in [0, 0.1) is 6.92 Å². The number of halogens is 1. The summed E-state index contributed by atoms with van der Waals surface area (Å²) in [5, 5.41) is 3.36. The topological polar surface area (TPSA) is 49.8 Å². The van der Waals surface area contributed by atoms with Crippen LogP contribution in [0.1, 0.15) is 25.3 Å². The molecule has 1 aliphatic rings. The fourth-order valence-electron chi connectivity index (χ4n) is 2.94. The molecule has 1 aromatic carbocycles. The van der Waals surface area contributed by atoms with Crippen LogP contribution in [0.2, 0.25) is 0 Å². The van der Waals surface area contributed by atoms with Gasteiger partial charge in [-0.15, -0.1) is 12.4 Å². The van der Waals surface area contributed by atoms with Gasteiger partial charge in [0.15, 0.2) is 0 Å². The van der Waals surface area contributed by atoms with Crippen LogP contribution in [0.3, 0.4) is 0 Å².